The fourth-order valence-electron chi connectivity index (χ4n) is 7.52. The largest absolute Gasteiger partial charge is 2.00 e. The molecule has 10 rings (SSSR count). The summed E-state index contributed by atoms with van der Waals surface area (Å²) < 4.78 is 9.32. The van der Waals surface area contributed by atoms with Crippen LogP contribution in [-0.2, 0) is 0 Å². The minimum atomic E-state index is 0. The van der Waals surface area contributed by atoms with Crippen molar-refractivity contribution in [1.29, 1.82) is 0 Å². The van der Waals surface area contributed by atoms with E-state index in [1.54, 1.807) is 0 Å². The van der Waals surface area contributed by atoms with Gasteiger partial charge < -0.3 is 9.32 Å². The fourth-order valence-corrected chi connectivity index (χ4v) is 7.52. The van der Waals surface area contributed by atoms with Crippen molar-refractivity contribution in [1.82, 2.24) is 4.40 Å². The van der Waals surface area contributed by atoms with Gasteiger partial charge in [0, 0.05) is 28.0 Å². The number of hydrogen-bond acceptors (Lipinski definition) is 2. The molecule has 0 spiro atoms. The zero-order chi connectivity index (χ0) is 35.1. The van der Waals surface area contributed by atoms with Gasteiger partial charge in [-0.05, 0) is 59.7 Å². The smallest absolute Gasteiger partial charge is 0.437 e. The Labute approximate surface area is 338 Å². The molecule has 0 amide bonds. The van der Waals surface area contributed by atoms with Gasteiger partial charge in [0.1, 0.15) is 0 Å². The number of hydrogen-bond donors (Lipinski definition) is 0. The van der Waals surface area contributed by atoms with Gasteiger partial charge in [-0.15, -0.1) is 23.8 Å². The molecule has 0 aliphatic heterocycles. The van der Waals surface area contributed by atoms with E-state index in [1.807, 2.05) is 18.2 Å². The van der Waals surface area contributed by atoms with Crippen LogP contribution in [0.3, 0.4) is 0 Å². The Bertz CT molecular complexity index is 2810. The summed E-state index contributed by atoms with van der Waals surface area (Å²) in [7, 11) is 0. The Hall–Kier alpha value is -6.05. The number of anilines is 3. The molecule has 2 aromatic heterocycles. The quantitative estimate of drug-likeness (QED) is 0.149. The molecule has 252 valence electrons. The molecule has 0 aliphatic rings. The zero-order valence-corrected chi connectivity index (χ0v) is 33.4. The Balaban J connectivity index is 0.00000384. The Morgan fingerprint density at radius 3 is 1.74 bits per heavy atom. The topological polar surface area (TPSA) is 20.8 Å². The van der Waals surface area contributed by atoms with Gasteiger partial charge in [-0.1, -0.05) is 109 Å². The third-order valence-electron chi connectivity index (χ3n) is 10.0. The second-order valence-corrected chi connectivity index (χ2v) is 13.2. The monoisotopic (exact) mass is 914 g/mol. The Morgan fingerprint density at radius 1 is 0.463 bits per heavy atom. The number of benzene rings is 8. The Kier molecular flexibility index (Phi) is 9.01. The molecular formula is C50H32N2OU. The van der Waals surface area contributed by atoms with E-state index in [9.17, 15) is 0 Å². The van der Waals surface area contributed by atoms with E-state index in [-0.39, 0.29) is 31.1 Å². The van der Waals surface area contributed by atoms with Crippen LogP contribution in [-0.4, -0.2) is 4.40 Å². The minimum Gasteiger partial charge on any atom is -0.437 e. The second-order valence-electron chi connectivity index (χ2n) is 13.2. The summed E-state index contributed by atoms with van der Waals surface area (Å²) >= 11 is 0. The van der Waals surface area contributed by atoms with Crippen LogP contribution in [0.2, 0.25) is 0 Å². The van der Waals surface area contributed by atoms with Gasteiger partial charge in [0.25, 0.3) is 0 Å². The molecule has 0 bridgehead atoms. The van der Waals surface area contributed by atoms with Crippen LogP contribution in [0.4, 0.5) is 17.1 Å². The number of rotatable bonds is 7. The van der Waals surface area contributed by atoms with Gasteiger partial charge in [-0.3, -0.25) is 4.40 Å². The van der Waals surface area contributed by atoms with Crippen molar-refractivity contribution < 1.29 is 35.5 Å². The molecule has 54 heavy (non-hydrogen) atoms. The molecule has 0 fully saturated rings. The van der Waals surface area contributed by atoms with Crippen molar-refractivity contribution in [3.8, 4) is 44.5 Å². The van der Waals surface area contributed by atoms with E-state index in [2.05, 4.69) is 197 Å². The third kappa shape index (κ3) is 5.95. The van der Waals surface area contributed by atoms with E-state index >= 15 is 0 Å². The van der Waals surface area contributed by atoms with E-state index in [0.717, 1.165) is 89.3 Å². The van der Waals surface area contributed by atoms with E-state index in [4.69, 9.17) is 4.42 Å². The molecule has 0 N–H and O–H groups in total. The number of aromatic nitrogens is 1. The molecule has 0 aliphatic carbocycles. The average Bonchev–Trinajstić information content (AvgIpc) is 3.77. The van der Waals surface area contributed by atoms with Gasteiger partial charge in [0.05, 0.1) is 16.6 Å². The molecule has 8 aromatic carbocycles. The summed E-state index contributed by atoms with van der Waals surface area (Å²) in [5.74, 6) is 0. The van der Waals surface area contributed by atoms with Crippen molar-refractivity contribution in [2.45, 2.75) is 0 Å². The number of nitrogens with zero attached hydrogens (tertiary/aromatic N) is 2. The number of fused-ring (bicyclic) bond motifs is 5. The van der Waals surface area contributed by atoms with Crippen molar-refractivity contribution in [3.05, 3.63) is 206 Å². The van der Waals surface area contributed by atoms with Crippen LogP contribution in [0.25, 0.3) is 72.2 Å². The first kappa shape index (κ1) is 33.8. The molecule has 0 atom stereocenters. The summed E-state index contributed by atoms with van der Waals surface area (Å²) in [5.41, 5.74) is 15.6. The molecule has 0 unspecified atom stereocenters. The third-order valence-corrected chi connectivity index (χ3v) is 10.0. The molecule has 4 heteroatoms. The van der Waals surface area contributed by atoms with Crippen LogP contribution in [0.1, 0.15) is 0 Å². The van der Waals surface area contributed by atoms with E-state index in [1.165, 1.54) is 0 Å². The molecule has 3 nitrogen and oxygen atoms in total. The van der Waals surface area contributed by atoms with Gasteiger partial charge >= 0.3 is 31.1 Å². The average molecular weight is 915 g/mol. The van der Waals surface area contributed by atoms with Crippen LogP contribution in [0.15, 0.2) is 199 Å². The summed E-state index contributed by atoms with van der Waals surface area (Å²) in [5, 5.41) is 1.16. The Morgan fingerprint density at radius 2 is 1.07 bits per heavy atom. The van der Waals surface area contributed by atoms with Crippen molar-refractivity contribution in [2.75, 3.05) is 4.90 Å². The van der Waals surface area contributed by atoms with Crippen molar-refractivity contribution >= 4 is 44.8 Å². The van der Waals surface area contributed by atoms with Crippen LogP contribution >= 0.6 is 0 Å². The minimum absolute atomic E-state index is 0. The van der Waals surface area contributed by atoms with Crippen LogP contribution < -0.4 is 4.90 Å². The maximum Gasteiger partial charge on any atom is 2.00 e. The van der Waals surface area contributed by atoms with Crippen LogP contribution in [0.5, 0.6) is 0 Å². The van der Waals surface area contributed by atoms with Gasteiger partial charge in [-0.25, -0.2) is 11.1 Å². The summed E-state index contributed by atoms with van der Waals surface area (Å²) in [6, 6.07) is 74.8. The first-order valence-corrected chi connectivity index (χ1v) is 17.9. The number of para-hydroxylation sites is 3. The first-order valence-electron chi connectivity index (χ1n) is 17.9. The van der Waals surface area contributed by atoms with Crippen molar-refractivity contribution in [2.24, 2.45) is 0 Å². The SMILES string of the molecule is [U+2].[c-]1ccccc1-c1[c-]cc(-c2cc(-c3ccc(N(c4ccccc4)c4ccccc4)cc3)c3oc4c(-c5ccccc5)c5ccccc5n4c3c2)cc1. The normalized spacial score (nSPS) is 11.2. The molecule has 0 saturated heterocycles. The zero-order valence-electron chi connectivity index (χ0n) is 29.3. The molecule has 0 saturated carbocycles. The first-order chi connectivity index (χ1) is 26.3. The molecule has 2 heterocycles. The van der Waals surface area contributed by atoms with Gasteiger partial charge in [0.2, 0.25) is 5.71 Å². The predicted octanol–water partition coefficient (Wildman–Crippen LogP) is 13.6. The summed E-state index contributed by atoms with van der Waals surface area (Å²) in [4.78, 5) is 2.28. The van der Waals surface area contributed by atoms with E-state index < -0.39 is 0 Å². The van der Waals surface area contributed by atoms with E-state index in [0.29, 0.717) is 0 Å². The molecular weight excluding hydrogens is 883 g/mol. The molecule has 0 radical (unpaired) electrons. The van der Waals surface area contributed by atoms with Crippen molar-refractivity contribution in [3.63, 3.8) is 0 Å². The second kappa shape index (κ2) is 14.4. The van der Waals surface area contributed by atoms with Gasteiger partial charge in [0.15, 0.2) is 5.58 Å². The maximum absolute atomic E-state index is 7.03. The maximum atomic E-state index is 7.03. The van der Waals surface area contributed by atoms with Gasteiger partial charge in [-0.2, -0.15) is 36.4 Å². The molecule has 10 aromatic rings. The summed E-state index contributed by atoms with van der Waals surface area (Å²) in [6.45, 7) is 0. The fraction of sp³-hybridized carbons (Fsp3) is 0. The van der Waals surface area contributed by atoms with Crippen LogP contribution in [0, 0.1) is 43.2 Å². The number of oxazole rings is 1. The predicted molar refractivity (Wildman–Crippen MR) is 219 cm³/mol. The standard InChI is InChI=1S/C50H32N2O.U/c1-5-15-35(16-6-1)36-25-27-37(28-26-36)40-33-45(38-29-31-43(32-30-38)51(41-19-9-3-10-20-41)42-21-11-4-12-22-42)49-47(34-40)52-46-24-14-13-23-44(46)48(50(52)53-49)39-17-7-2-8-18-39;/h1-15,17-25,27-34H;/q-2;+2. The summed E-state index contributed by atoms with van der Waals surface area (Å²) in [6.07, 6.45) is 0.